The van der Waals surface area contributed by atoms with Crippen molar-refractivity contribution in [3.8, 4) is 11.5 Å². The molecule has 3 N–H and O–H groups in total. The minimum Gasteiger partial charge on any atom is -0.493 e. The lowest BCUT2D eigenvalue weighted by atomic mass is 9.87. The van der Waals surface area contributed by atoms with Gasteiger partial charge < -0.3 is 20.5 Å². The summed E-state index contributed by atoms with van der Waals surface area (Å²) in [5.41, 5.74) is 8.21. The second-order valence-corrected chi connectivity index (χ2v) is 9.45. The van der Waals surface area contributed by atoms with Crippen molar-refractivity contribution in [1.29, 1.82) is 0 Å². The van der Waals surface area contributed by atoms with Crippen LogP contribution in [-0.2, 0) is 4.79 Å². The molecule has 5 rings (SSSR count). The molecule has 2 amide bonds. The minimum absolute atomic E-state index is 0.0345. The van der Waals surface area contributed by atoms with Gasteiger partial charge >= 0.3 is 0 Å². The van der Waals surface area contributed by atoms with Crippen molar-refractivity contribution in [1.82, 2.24) is 10.2 Å². The van der Waals surface area contributed by atoms with E-state index in [1.54, 1.807) is 17.0 Å². The molecule has 184 valence electrons. The molecule has 2 atom stereocenters. The predicted molar refractivity (Wildman–Crippen MR) is 132 cm³/mol. The van der Waals surface area contributed by atoms with Gasteiger partial charge in [-0.15, -0.1) is 0 Å². The Morgan fingerprint density at radius 1 is 1.09 bits per heavy atom. The second-order valence-electron chi connectivity index (χ2n) is 9.45. The van der Waals surface area contributed by atoms with E-state index in [1.165, 1.54) is 0 Å². The average molecular weight is 477 g/mol. The van der Waals surface area contributed by atoms with Gasteiger partial charge in [0.15, 0.2) is 5.96 Å². The lowest BCUT2D eigenvalue weighted by Crippen LogP contribution is -2.53. The first kappa shape index (κ1) is 23.2. The summed E-state index contributed by atoms with van der Waals surface area (Å²) in [5.74, 6) is 1.50. The molecular formula is C27H32N4O4. The molecule has 3 aliphatic heterocycles. The number of nitrogens with zero attached hydrogens (tertiary/aromatic N) is 2. The third-order valence-electron chi connectivity index (χ3n) is 7.52. The normalized spacial score (nSPS) is 22.7. The summed E-state index contributed by atoms with van der Waals surface area (Å²) < 4.78 is 11.6. The second kappa shape index (κ2) is 9.24. The molecule has 0 bridgehead atoms. The molecule has 0 radical (unpaired) electrons. The Balaban J connectivity index is 1.42. The number of guanidine groups is 1. The number of rotatable bonds is 5. The molecule has 0 aromatic heterocycles. The van der Waals surface area contributed by atoms with Gasteiger partial charge in [-0.1, -0.05) is 32.0 Å². The van der Waals surface area contributed by atoms with Crippen molar-refractivity contribution in [3.05, 3.63) is 59.2 Å². The molecule has 3 heterocycles. The van der Waals surface area contributed by atoms with Gasteiger partial charge in [-0.25, -0.2) is 4.99 Å². The molecule has 0 spiro atoms. The van der Waals surface area contributed by atoms with Gasteiger partial charge in [-0.3, -0.25) is 14.5 Å². The number of nitrogens with one attached hydrogen (secondary N) is 1. The zero-order valence-corrected chi connectivity index (χ0v) is 20.3. The minimum atomic E-state index is -0.437. The first-order chi connectivity index (χ1) is 16.9. The number of amides is 2. The fourth-order valence-electron chi connectivity index (χ4n) is 5.34. The number of hydrogen-bond acceptors (Lipinski definition) is 6. The fraction of sp³-hybridized carbons (Fsp3) is 0.444. The Kier molecular flexibility index (Phi) is 6.13. The first-order valence-electron chi connectivity index (χ1n) is 12.4. The Morgan fingerprint density at radius 3 is 2.54 bits per heavy atom. The van der Waals surface area contributed by atoms with Crippen LogP contribution in [0.2, 0.25) is 0 Å². The smallest absolute Gasteiger partial charge is 0.251 e. The number of benzene rings is 2. The third kappa shape index (κ3) is 4.22. The largest absolute Gasteiger partial charge is 0.493 e. The fourth-order valence-corrected chi connectivity index (χ4v) is 5.34. The van der Waals surface area contributed by atoms with Crippen LogP contribution in [0.5, 0.6) is 11.5 Å². The number of aliphatic imine (C=N–C) groups is 1. The topological polar surface area (TPSA) is 106 Å². The van der Waals surface area contributed by atoms with Crippen LogP contribution in [0.25, 0.3) is 0 Å². The molecule has 0 aliphatic carbocycles. The van der Waals surface area contributed by atoms with Gasteiger partial charge in [0.25, 0.3) is 5.91 Å². The summed E-state index contributed by atoms with van der Waals surface area (Å²) in [6, 6.07) is 12.7. The molecule has 0 unspecified atom stereocenters. The van der Waals surface area contributed by atoms with Crippen LogP contribution in [-0.4, -0.2) is 41.4 Å². The highest BCUT2D eigenvalue weighted by molar-refractivity contribution is 6.00. The maximum atomic E-state index is 13.3. The van der Waals surface area contributed by atoms with Crippen LogP contribution >= 0.6 is 0 Å². The van der Waals surface area contributed by atoms with Crippen LogP contribution in [0, 0.1) is 0 Å². The average Bonchev–Trinajstić information content (AvgIpc) is 2.88. The molecule has 8 heteroatoms. The number of hydrogen-bond donors (Lipinski definition) is 2. The first-order valence-corrected chi connectivity index (χ1v) is 12.4. The number of para-hydroxylation sites is 1. The zero-order valence-electron chi connectivity index (χ0n) is 20.3. The van der Waals surface area contributed by atoms with Crippen LogP contribution in [0.3, 0.4) is 0 Å². The van der Waals surface area contributed by atoms with Gasteiger partial charge in [0.1, 0.15) is 11.5 Å². The number of fused-ring (bicyclic) bond motifs is 2. The summed E-state index contributed by atoms with van der Waals surface area (Å²) in [7, 11) is 0. The van der Waals surface area contributed by atoms with Crippen molar-refractivity contribution < 1.29 is 19.1 Å². The van der Waals surface area contributed by atoms with Gasteiger partial charge in [0, 0.05) is 29.5 Å². The summed E-state index contributed by atoms with van der Waals surface area (Å²) in [6.07, 6.45) is 3.13. The van der Waals surface area contributed by atoms with E-state index in [0.717, 1.165) is 29.7 Å². The summed E-state index contributed by atoms with van der Waals surface area (Å²) >= 11 is 0. The summed E-state index contributed by atoms with van der Waals surface area (Å²) in [6.45, 7) is 5.09. The Labute approximate surface area is 205 Å². The summed E-state index contributed by atoms with van der Waals surface area (Å²) in [5, 5.41) is 3.15. The van der Waals surface area contributed by atoms with Crippen LogP contribution < -0.4 is 20.5 Å². The maximum absolute atomic E-state index is 13.3. The van der Waals surface area contributed by atoms with Crippen LogP contribution in [0.1, 0.15) is 79.5 Å². The van der Waals surface area contributed by atoms with Crippen molar-refractivity contribution in [3.63, 3.8) is 0 Å². The highest BCUT2D eigenvalue weighted by Crippen LogP contribution is 2.40. The standard InChI is InChI=1S/C27H32N4O4/c1-3-27(4-2)16-24(32)31(26(28)30-27)21-12-14-35-23-10-9-17(15-19(21)23)25(33)29-20-11-13-34-22-8-6-5-7-18(20)22/h5-10,15,20-21H,3-4,11-14,16H2,1-2H3,(H2,28,30)(H,29,33)/t20-,21-/m1/s1. The van der Waals surface area contributed by atoms with Gasteiger partial charge in [-0.05, 0) is 37.1 Å². The van der Waals surface area contributed by atoms with E-state index in [1.807, 2.05) is 44.2 Å². The number of carbonyl (C=O) groups excluding carboxylic acids is 2. The van der Waals surface area contributed by atoms with E-state index in [2.05, 4.69) is 5.32 Å². The summed E-state index contributed by atoms with van der Waals surface area (Å²) in [4.78, 5) is 32.9. The predicted octanol–water partition coefficient (Wildman–Crippen LogP) is 3.87. The number of ether oxygens (including phenoxy) is 2. The van der Waals surface area contributed by atoms with E-state index < -0.39 is 5.54 Å². The molecule has 8 nitrogen and oxygen atoms in total. The molecule has 0 saturated carbocycles. The van der Waals surface area contributed by atoms with E-state index in [0.29, 0.717) is 43.8 Å². The molecule has 0 saturated heterocycles. The molecule has 35 heavy (non-hydrogen) atoms. The van der Waals surface area contributed by atoms with Crippen molar-refractivity contribution >= 4 is 17.8 Å². The van der Waals surface area contributed by atoms with Crippen LogP contribution in [0.15, 0.2) is 47.5 Å². The molecule has 2 aromatic carbocycles. The highest BCUT2D eigenvalue weighted by atomic mass is 16.5. The Bertz CT molecular complexity index is 1170. The van der Waals surface area contributed by atoms with Crippen molar-refractivity contribution in [2.75, 3.05) is 13.2 Å². The number of carbonyl (C=O) groups is 2. The quantitative estimate of drug-likeness (QED) is 0.681. The van der Waals surface area contributed by atoms with Gasteiger partial charge in [-0.2, -0.15) is 0 Å². The van der Waals surface area contributed by atoms with E-state index >= 15 is 0 Å². The van der Waals surface area contributed by atoms with Gasteiger partial charge in [0.05, 0.1) is 37.3 Å². The van der Waals surface area contributed by atoms with Crippen LogP contribution in [0.4, 0.5) is 0 Å². The third-order valence-corrected chi connectivity index (χ3v) is 7.52. The lowest BCUT2D eigenvalue weighted by molar-refractivity contribution is -0.132. The monoisotopic (exact) mass is 476 g/mol. The maximum Gasteiger partial charge on any atom is 0.251 e. The SMILES string of the molecule is CCC1(CC)CC(=O)N([C@@H]2CCOc3ccc(C(=O)N[C@@H]4CCOc5ccccc54)cc32)C(N)=N1. The van der Waals surface area contributed by atoms with E-state index in [4.69, 9.17) is 20.2 Å². The molecule has 3 aliphatic rings. The molecule has 0 fully saturated rings. The Hall–Kier alpha value is -3.55. The lowest BCUT2D eigenvalue weighted by Gasteiger charge is -2.41. The highest BCUT2D eigenvalue weighted by Gasteiger charge is 2.41. The molecular weight excluding hydrogens is 444 g/mol. The van der Waals surface area contributed by atoms with Crippen molar-refractivity contribution in [2.24, 2.45) is 10.7 Å². The van der Waals surface area contributed by atoms with Crippen molar-refractivity contribution in [2.45, 2.75) is 63.6 Å². The van der Waals surface area contributed by atoms with E-state index in [-0.39, 0.29) is 29.9 Å². The Morgan fingerprint density at radius 2 is 1.80 bits per heavy atom. The van der Waals surface area contributed by atoms with E-state index in [9.17, 15) is 9.59 Å². The zero-order chi connectivity index (χ0) is 24.6. The molecule has 2 aromatic rings. The number of nitrogens with two attached hydrogens (primary N) is 1. The van der Waals surface area contributed by atoms with Gasteiger partial charge in [0.2, 0.25) is 5.91 Å².